The summed E-state index contributed by atoms with van der Waals surface area (Å²) in [6, 6.07) is 6.54. The normalized spacial score (nSPS) is 21.1. The molecule has 2 saturated heterocycles. The Hall–Kier alpha value is -3.10. The van der Waals surface area contributed by atoms with Crippen LogP contribution in [-0.4, -0.2) is 47.1 Å². The first-order valence-corrected chi connectivity index (χ1v) is 11.5. The number of methoxy groups -OCH3 is 1. The second kappa shape index (κ2) is 8.92. The number of carbonyl (C=O) groups excluding carboxylic acids is 1. The first kappa shape index (κ1) is 22.7. The largest absolute Gasteiger partial charge is 0.493 e. The van der Waals surface area contributed by atoms with Crippen LogP contribution in [0.3, 0.4) is 0 Å². The summed E-state index contributed by atoms with van der Waals surface area (Å²) >= 11 is 11.8. The number of rotatable bonds is 6. The zero-order chi connectivity index (χ0) is 24.0. The third-order valence-electron chi connectivity index (χ3n) is 6.40. The molecule has 0 radical (unpaired) electrons. The summed E-state index contributed by atoms with van der Waals surface area (Å²) in [5.74, 6) is 1.18. The van der Waals surface area contributed by atoms with Crippen LogP contribution in [0.5, 0.6) is 11.5 Å². The van der Waals surface area contributed by atoms with Gasteiger partial charge >= 0.3 is 0 Å². The summed E-state index contributed by atoms with van der Waals surface area (Å²) < 4.78 is 26.6. The average molecular weight is 503 g/mol. The van der Waals surface area contributed by atoms with E-state index in [4.69, 9.17) is 32.7 Å². The van der Waals surface area contributed by atoms with Crippen molar-refractivity contribution < 1.29 is 18.7 Å². The van der Waals surface area contributed by atoms with E-state index in [0.29, 0.717) is 41.3 Å². The predicted octanol–water partition coefficient (Wildman–Crippen LogP) is 5.24. The van der Waals surface area contributed by atoms with Crippen molar-refractivity contribution in [3.8, 4) is 11.5 Å². The number of anilines is 2. The lowest BCUT2D eigenvalue weighted by Crippen LogP contribution is -2.61. The van der Waals surface area contributed by atoms with Crippen LogP contribution in [0.15, 0.2) is 43.2 Å². The number of carbonyl (C=O) groups is 1. The Balaban J connectivity index is 1.45. The summed E-state index contributed by atoms with van der Waals surface area (Å²) in [4.78, 5) is 22.4. The van der Waals surface area contributed by atoms with E-state index in [2.05, 4.69) is 21.9 Å². The minimum Gasteiger partial charge on any atom is -0.493 e. The van der Waals surface area contributed by atoms with Crippen LogP contribution >= 0.6 is 23.2 Å². The molecule has 6 rings (SSSR count). The Kier molecular flexibility index (Phi) is 5.95. The van der Waals surface area contributed by atoms with Gasteiger partial charge in [0, 0.05) is 36.4 Å². The number of aromatic nitrogens is 2. The molecule has 1 amide bonds. The topological polar surface area (TPSA) is 76.6 Å². The van der Waals surface area contributed by atoms with Gasteiger partial charge in [-0.05, 0) is 30.7 Å². The number of nitrogens with zero attached hydrogens (tertiary/aromatic N) is 3. The monoisotopic (exact) mass is 502 g/mol. The van der Waals surface area contributed by atoms with Crippen LogP contribution in [0.1, 0.15) is 6.42 Å². The van der Waals surface area contributed by atoms with Gasteiger partial charge in [0.1, 0.15) is 18.2 Å². The Morgan fingerprint density at radius 3 is 2.71 bits per heavy atom. The molecule has 34 heavy (non-hydrogen) atoms. The van der Waals surface area contributed by atoms with Crippen molar-refractivity contribution in [3.05, 3.63) is 59.1 Å². The molecule has 1 aromatic heterocycles. The van der Waals surface area contributed by atoms with Gasteiger partial charge in [0.15, 0.2) is 17.3 Å². The van der Waals surface area contributed by atoms with E-state index < -0.39 is 5.82 Å². The van der Waals surface area contributed by atoms with E-state index in [1.165, 1.54) is 24.5 Å². The van der Waals surface area contributed by atoms with Crippen LogP contribution in [0.2, 0.25) is 10.0 Å². The summed E-state index contributed by atoms with van der Waals surface area (Å²) in [5.41, 5.74) is 0.729. The van der Waals surface area contributed by atoms with Crippen molar-refractivity contribution in [2.75, 3.05) is 25.5 Å². The lowest BCUT2D eigenvalue weighted by molar-refractivity contribution is -0.142. The number of fused-ring (bicyclic) bond motifs is 3. The Morgan fingerprint density at radius 2 is 2.00 bits per heavy atom. The number of piperidine rings is 2. The van der Waals surface area contributed by atoms with E-state index in [0.717, 1.165) is 6.42 Å². The Morgan fingerprint density at radius 1 is 1.24 bits per heavy atom. The molecule has 3 fully saturated rings. The number of hydrogen-bond donors (Lipinski definition) is 1. The van der Waals surface area contributed by atoms with Crippen molar-refractivity contribution in [2.24, 2.45) is 11.8 Å². The van der Waals surface area contributed by atoms with Gasteiger partial charge in [-0.1, -0.05) is 29.8 Å². The Bertz CT molecular complexity index is 1290. The summed E-state index contributed by atoms with van der Waals surface area (Å²) in [7, 11) is 1.56. The molecule has 2 aliphatic heterocycles. The molecule has 0 unspecified atom stereocenters. The molecule has 10 heteroatoms. The first-order valence-electron chi connectivity index (χ1n) is 10.7. The number of ether oxygens (including phenoxy) is 2. The van der Waals surface area contributed by atoms with Crippen LogP contribution in [-0.2, 0) is 4.79 Å². The van der Waals surface area contributed by atoms with Crippen LogP contribution in [0, 0.1) is 17.7 Å². The van der Waals surface area contributed by atoms with E-state index in [-0.39, 0.29) is 39.6 Å². The van der Waals surface area contributed by atoms with Gasteiger partial charge in [-0.25, -0.2) is 14.4 Å². The molecule has 3 aliphatic rings. The van der Waals surface area contributed by atoms with Crippen LogP contribution in [0.25, 0.3) is 10.9 Å². The van der Waals surface area contributed by atoms with E-state index >= 15 is 0 Å². The lowest BCUT2D eigenvalue weighted by Gasteiger charge is -2.52. The minimum atomic E-state index is -0.674. The summed E-state index contributed by atoms with van der Waals surface area (Å²) in [6.45, 7) is 4.84. The van der Waals surface area contributed by atoms with Gasteiger partial charge in [0.05, 0.1) is 28.4 Å². The van der Waals surface area contributed by atoms with Gasteiger partial charge in [-0.3, -0.25) is 4.79 Å². The molecule has 3 aromatic rings. The van der Waals surface area contributed by atoms with Crippen molar-refractivity contribution in [1.82, 2.24) is 14.9 Å². The quantitative estimate of drug-likeness (QED) is 0.366. The smallest absolute Gasteiger partial charge is 0.245 e. The standard InChI is InChI=1S/C24H21Cl2FN4O3/c1-3-20(32)31-9-12-6-13(10-31)23(12)34-19-7-14-17(8-18(19)33-2)28-11-29-24(14)30-16-5-4-15(25)21(26)22(16)27/h3-5,7-8,11-13,23H,1,6,9-10H2,2H3,(H,28,29,30)/t12-,13+,23+. The molecule has 2 aromatic carbocycles. The van der Waals surface area contributed by atoms with Crippen molar-refractivity contribution in [3.63, 3.8) is 0 Å². The van der Waals surface area contributed by atoms with Gasteiger partial charge in [0.25, 0.3) is 0 Å². The molecule has 1 aliphatic carbocycles. The van der Waals surface area contributed by atoms with Crippen LogP contribution in [0.4, 0.5) is 15.9 Å². The maximum absolute atomic E-state index is 14.6. The van der Waals surface area contributed by atoms with Crippen molar-refractivity contribution >= 4 is 51.5 Å². The number of benzene rings is 2. The molecule has 1 saturated carbocycles. The molecule has 7 nitrogen and oxygen atoms in total. The molecule has 3 atom stereocenters. The molecular formula is C24H21Cl2FN4O3. The molecule has 0 spiro atoms. The van der Waals surface area contributed by atoms with E-state index in [9.17, 15) is 9.18 Å². The Labute approximate surface area is 205 Å². The molecule has 176 valence electrons. The van der Waals surface area contributed by atoms with Gasteiger partial charge < -0.3 is 19.7 Å². The fourth-order valence-corrected chi connectivity index (χ4v) is 4.97. The zero-order valence-electron chi connectivity index (χ0n) is 18.2. The molecular weight excluding hydrogens is 482 g/mol. The fraction of sp³-hybridized carbons (Fsp3) is 0.292. The third-order valence-corrected chi connectivity index (χ3v) is 7.18. The highest BCUT2D eigenvalue weighted by molar-refractivity contribution is 6.42. The van der Waals surface area contributed by atoms with Gasteiger partial charge in [-0.2, -0.15) is 0 Å². The molecule has 1 N–H and O–H groups in total. The maximum atomic E-state index is 14.6. The molecule has 2 bridgehead atoms. The second-order valence-electron chi connectivity index (χ2n) is 8.38. The number of nitrogens with one attached hydrogen (secondary N) is 1. The van der Waals surface area contributed by atoms with Gasteiger partial charge in [0.2, 0.25) is 5.91 Å². The van der Waals surface area contributed by atoms with Gasteiger partial charge in [-0.15, -0.1) is 0 Å². The highest BCUT2D eigenvalue weighted by Gasteiger charge is 2.49. The highest BCUT2D eigenvalue weighted by atomic mass is 35.5. The second-order valence-corrected chi connectivity index (χ2v) is 9.16. The SMILES string of the molecule is C=CC(=O)N1C[C@H]2C[C@@H](C1)[C@H]2Oc1cc2c(Nc3ccc(Cl)c(Cl)c3F)ncnc2cc1OC. The summed E-state index contributed by atoms with van der Waals surface area (Å²) in [5, 5.41) is 3.55. The maximum Gasteiger partial charge on any atom is 0.245 e. The van der Waals surface area contributed by atoms with Crippen molar-refractivity contribution in [1.29, 1.82) is 0 Å². The van der Waals surface area contributed by atoms with E-state index in [1.807, 2.05) is 4.90 Å². The zero-order valence-corrected chi connectivity index (χ0v) is 19.7. The lowest BCUT2D eigenvalue weighted by atomic mass is 9.68. The van der Waals surface area contributed by atoms with Crippen LogP contribution < -0.4 is 14.8 Å². The fourth-order valence-electron chi connectivity index (χ4n) is 4.66. The third kappa shape index (κ3) is 3.91. The first-order chi connectivity index (χ1) is 16.4. The average Bonchev–Trinajstić information content (AvgIpc) is 2.86. The molecule has 3 heterocycles. The minimum absolute atomic E-state index is 0.0335. The number of halogens is 3. The highest BCUT2D eigenvalue weighted by Crippen LogP contribution is 2.45. The predicted molar refractivity (Wildman–Crippen MR) is 129 cm³/mol. The van der Waals surface area contributed by atoms with E-state index in [1.54, 1.807) is 19.2 Å². The summed E-state index contributed by atoms with van der Waals surface area (Å²) in [6.07, 6.45) is 3.70. The number of amides is 1. The van der Waals surface area contributed by atoms with Crippen molar-refractivity contribution in [2.45, 2.75) is 12.5 Å². The number of hydrogen-bond acceptors (Lipinski definition) is 6.